The van der Waals surface area contributed by atoms with Gasteiger partial charge in [0.05, 0.1) is 19.8 Å². The molecule has 19 heteroatoms. The van der Waals surface area contributed by atoms with Crippen LogP contribution >= 0.6 is 0 Å². The van der Waals surface area contributed by atoms with Crippen molar-refractivity contribution in [2.75, 3.05) is 19.8 Å². The van der Waals surface area contributed by atoms with Crippen molar-refractivity contribution in [2.45, 2.75) is 62.8 Å². The van der Waals surface area contributed by atoms with Crippen LogP contribution in [-0.2, 0) is 38.4 Å². The van der Waals surface area contributed by atoms with Crippen LogP contribution in [0.4, 0.5) is 0 Å². The molecule has 0 bridgehead atoms. The largest absolute Gasteiger partial charge is 0.481 e. The van der Waals surface area contributed by atoms with Gasteiger partial charge in [-0.2, -0.15) is 0 Å². The first-order chi connectivity index (χ1) is 18.6. The maximum absolute atomic E-state index is 12.7. The molecule has 0 saturated heterocycles. The van der Waals surface area contributed by atoms with Gasteiger partial charge >= 0.3 is 17.9 Å². The van der Waals surface area contributed by atoms with Crippen LogP contribution in [0.2, 0.25) is 0 Å². The van der Waals surface area contributed by atoms with Crippen LogP contribution in [0.3, 0.4) is 0 Å². The minimum atomic E-state index is -1.69. The quantitative estimate of drug-likeness (QED) is 0.0680. The Morgan fingerprint density at radius 3 is 1.65 bits per heavy atom. The van der Waals surface area contributed by atoms with E-state index in [4.69, 9.17) is 26.2 Å². The van der Waals surface area contributed by atoms with Crippen molar-refractivity contribution >= 4 is 47.4 Å². The summed E-state index contributed by atoms with van der Waals surface area (Å²) >= 11 is 0. The first-order valence-electron chi connectivity index (χ1n) is 11.7. The Hall–Kier alpha value is -4.36. The molecule has 0 rings (SSSR count). The van der Waals surface area contributed by atoms with E-state index in [2.05, 4.69) is 16.0 Å². The summed E-state index contributed by atoms with van der Waals surface area (Å²) < 4.78 is 0. The zero-order valence-electron chi connectivity index (χ0n) is 21.4. The zero-order chi connectivity index (χ0) is 31.0. The summed E-state index contributed by atoms with van der Waals surface area (Å²) in [7, 11) is 0. The van der Waals surface area contributed by atoms with Crippen LogP contribution in [0.5, 0.6) is 0 Å². The van der Waals surface area contributed by atoms with Gasteiger partial charge in [0.2, 0.25) is 29.5 Å². The number of hydrogen-bond acceptors (Lipinski definition) is 11. The third-order valence-electron chi connectivity index (χ3n) is 5.08. The second-order valence-electron chi connectivity index (χ2n) is 8.37. The van der Waals surface area contributed by atoms with E-state index in [9.17, 15) is 43.5 Å². The van der Waals surface area contributed by atoms with Gasteiger partial charge in [0.15, 0.2) is 0 Å². The summed E-state index contributed by atoms with van der Waals surface area (Å²) in [5.41, 5.74) is 5.34. The fraction of sp³-hybridized carbons (Fsp3) is 0.619. The van der Waals surface area contributed by atoms with Crippen LogP contribution in [0.25, 0.3) is 0 Å². The topological polar surface area (TPSA) is 324 Å². The van der Waals surface area contributed by atoms with E-state index in [-0.39, 0.29) is 0 Å². The molecule has 5 atom stereocenters. The lowest BCUT2D eigenvalue weighted by Gasteiger charge is -2.23. The predicted octanol–water partition coefficient (Wildman–Crippen LogP) is -5.81. The van der Waals surface area contributed by atoms with Crippen molar-refractivity contribution in [1.82, 2.24) is 26.6 Å². The summed E-state index contributed by atoms with van der Waals surface area (Å²) in [5, 5.41) is 55.6. The SMILES string of the molecule is C[C@H](NC(=O)[C@@H](N)CO)C(=O)N[C@@H](CCC(=O)O)C(=O)N[C@@H](CO)C(=O)NCC(=O)N[C@@H](CCC(=O)O)C(=O)O. The van der Waals surface area contributed by atoms with Crippen LogP contribution in [-0.4, -0.2) is 123 Å². The van der Waals surface area contributed by atoms with Gasteiger partial charge in [0, 0.05) is 12.8 Å². The summed E-state index contributed by atoms with van der Waals surface area (Å²) in [6, 6.07) is -7.39. The fourth-order valence-corrected chi connectivity index (χ4v) is 2.83. The van der Waals surface area contributed by atoms with Gasteiger partial charge in [-0.15, -0.1) is 0 Å². The van der Waals surface area contributed by atoms with Crippen molar-refractivity contribution in [3.63, 3.8) is 0 Å². The van der Waals surface area contributed by atoms with Crippen LogP contribution < -0.4 is 32.3 Å². The molecule has 0 saturated carbocycles. The fourth-order valence-electron chi connectivity index (χ4n) is 2.83. The molecular weight excluding hydrogens is 544 g/mol. The number of nitrogens with one attached hydrogen (secondary N) is 5. The maximum atomic E-state index is 12.7. The minimum Gasteiger partial charge on any atom is -0.481 e. The molecule has 0 spiro atoms. The van der Waals surface area contributed by atoms with Gasteiger partial charge in [-0.25, -0.2) is 4.79 Å². The molecule has 0 aromatic rings. The number of nitrogens with two attached hydrogens (primary N) is 1. The molecule has 0 aliphatic rings. The second kappa shape index (κ2) is 18.0. The molecule has 0 aromatic carbocycles. The van der Waals surface area contributed by atoms with E-state index in [0.717, 1.165) is 0 Å². The second-order valence-corrected chi connectivity index (χ2v) is 8.37. The molecule has 226 valence electrons. The van der Waals surface area contributed by atoms with E-state index in [0.29, 0.717) is 0 Å². The van der Waals surface area contributed by atoms with Gasteiger partial charge in [-0.3, -0.25) is 33.6 Å². The Balaban J connectivity index is 5.21. The van der Waals surface area contributed by atoms with Crippen molar-refractivity contribution in [3.8, 4) is 0 Å². The normalized spacial score (nSPS) is 14.3. The maximum Gasteiger partial charge on any atom is 0.326 e. The van der Waals surface area contributed by atoms with E-state index < -0.39 is 123 Å². The number of amides is 5. The average Bonchev–Trinajstić information content (AvgIpc) is 2.88. The lowest BCUT2D eigenvalue weighted by molar-refractivity contribution is -0.143. The molecular formula is C21H34N6O13. The zero-order valence-corrected chi connectivity index (χ0v) is 21.4. The number of rotatable bonds is 19. The van der Waals surface area contributed by atoms with E-state index in [1.807, 2.05) is 10.6 Å². The number of carboxylic acids is 3. The molecule has 0 fully saturated rings. The average molecular weight is 579 g/mol. The van der Waals surface area contributed by atoms with E-state index in [1.165, 1.54) is 6.92 Å². The third kappa shape index (κ3) is 14.0. The van der Waals surface area contributed by atoms with Crippen LogP contribution in [0.1, 0.15) is 32.6 Å². The highest BCUT2D eigenvalue weighted by atomic mass is 16.4. The molecule has 12 N–H and O–H groups in total. The summed E-state index contributed by atoms with van der Waals surface area (Å²) in [6.45, 7) is -1.30. The molecule has 19 nitrogen and oxygen atoms in total. The Morgan fingerprint density at radius 1 is 0.650 bits per heavy atom. The van der Waals surface area contributed by atoms with Crippen molar-refractivity contribution in [2.24, 2.45) is 5.73 Å². The van der Waals surface area contributed by atoms with Crippen LogP contribution in [0, 0.1) is 0 Å². The van der Waals surface area contributed by atoms with Gasteiger partial charge in [-0.05, 0) is 19.8 Å². The standard InChI is InChI=1S/C21H34N6O13/c1-9(24-18(36)10(22)7-28)17(35)26-11(2-4-15(31)32)20(38)27-13(8-29)19(37)23-6-14(30)25-12(21(39)40)3-5-16(33)34/h9-13,28-29H,2-8,22H2,1H3,(H,23,37)(H,24,36)(H,25,30)(H,26,35)(H,27,38)(H,31,32)(H,33,34)(H,39,40)/t9-,10-,11-,12-,13-/m0/s1. The number of carboxylic acid groups (broad SMARTS) is 3. The highest BCUT2D eigenvalue weighted by Gasteiger charge is 2.29. The first kappa shape index (κ1) is 35.6. The molecule has 0 aliphatic heterocycles. The number of carbonyl (C=O) groups excluding carboxylic acids is 5. The number of aliphatic carboxylic acids is 3. The van der Waals surface area contributed by atoms with Crippen molar-refractivity contribution < 1.29 is 63.9 Å². The van der Waals surface area contributed by atoms with Gasteiger partial charge < -0.3 is 57.9 Å². The van der Waals surface area contributed by atoms with Crippen LogP contribution in [0.15, 0.2) is 0 Å². The first-order valence-corrected chi connectivity index (χ1v) is 11.7. The lowest BCUT2D eigenvalue weighted by atomic mass is 10.1. The van der Waals surface area contributed by atoms with E-state index in [1.54, 1.807) is 0 Å². The minimum absolute atomic E-state index is 0.431. The number of aliphatic hydroxyl groups is 2. The Bertz CT molecular complexity index is 959. The van der Waals surface area contributed by atoms with E-state index >= 15 is 0 Å². The molecule has 0 aliphatic carbocycles. The Morgan fingerprint density at radius 2 is 1.18 bits per heavy atom. The van der Waals surface area contributed by atoms with Crippen molar-refractivity contribution in [3.05, 3.63) is 0 Å². The van der Waals surface area contributed by atoms with Gasteiger partial charge in [-0.1, -0.05) is 0 Å². The monoisotopic (exact) mass is 578 g/mol. The summed E-state index contributed by atoms with van der Waals surface area (Å²) in [6.07, 6.45) is -2.04. The Kier molecular flexibility index (Phi) is 16.1. The highest BCUT2D eigenvalue weighted by molar-refractivity contribution is 5.95. The summed E-state index contributed by atoms with van der Waals surface area (Å²) in [4.78, 5) is 94.0. The molecule has 40 heavy (non-hydrogen) atoms. The highest BCUT2D eigenvalue weighted by Crippen LogP contribution is 2.01. The lowest BCUT2D eigenvalue weighted by Crippen LogP contribution is -2.58. The molecule has 0 heterocycles. The predicted molar refractivity (Wildman–Crippen MR) is 130 cm³/mol. The van der Waals surface area contributed by atoms with Gasteiger partial charge in [0.1, 0.15) is 30.2 Å². The van der Waals surface area contributed by atoms with Crippen molar-refractivity contribution in [1.29, 1.82) is 0 Å². The number of carbonyl (C=O) groups is 8. The molecule has 5 amide bonds. The smallest absolute Gasteiger partial charge is 0.326 e. The number of aliphatic hydroxyl groups excluding tert-OH is 2. The molecule has 0 radical (unpaired) electrons. The third-order valence-corrected chi connectivity index (χ3v) is 5.08. The summed E-state index contributed by atoms with van der Waals surface area (Å²) in [5.74, 6) is -9.18. The molecule has 0 aromatic heterocycles. The number of hydrogen-bond donors (Lipinski definition) is 11. The Labute approximate surface area is 226 Å². The van der Waals surface area contributed by atoms with Gasteiger partial charge in [0.25, 0.3) is 0 Å². The molecule has 0 unspecified atom stereocenters.